The molecule has 3 aromatic carbocycles. The fourth-order valence-electron chi connectivity index (χ4n) is 3.78. The van der Waals surface area contributed by atoms with E-state index < -0.39 is 5.97 Å². The summed E-state index contributed by atoms with van der Waals surface area (Å²) in [6.07, 6.45) is 0. The number of aromatic amines is 1. The molecule has 34 heavy (non-hydrogen) atoms. The van der Waals surface area contributed by atoms with Crippen LogP contribution in [0, 0.1) is 0 Å². The van der Waals surface area contributed by atoms with E-state index in [-0.39, 0.29) is 12.4 Å². The number of halogens is 1. The number of benzene rings is 3. The number of aromatic hydroxyl groups is 1. The number of carbonyl (C=O) groups is 1. The fraction of sp³-hybridized carbons (Fsp3) is 0.154. The zero-order valence-corrected chi connectivity index (χ0v) is 20.4. The molecule has 0 bridgehead atoms. The van der Waals surface area contributed by atoms with Gasteiger partial charge in [-0.05, 0) is 56.1 Å². The van der Waals surface area contributed by atoms with Gasteiger partial charge in [0.1, 0.15) is 6.54 Å². The quantitative estimate of drug-likeness (QED) is 0.234. The third-order valence-electron chi connectivity index (χ3n) is 5.23. The van der Waals surface area contributed by atoms with Gasteiger partial charge in [-0.15, -0.1) is 0 Å². The minimum absolute atomic E-state index is 0.0139. The van der Waals surface area contributed by atoms with Gasteiger partial charge in [-0.1, -0.05) is 46.3 Å². The Hall–Kier alpha value is -3.62. The molecule has 7 nitrogen and oxygen atoms in total. The molecule has 174 valence electrons. The van der Waals surface area contributed by atoms with E-state index in [9.17, 15) is 9.90 Å². The summed E-state index contributed by atoms with van der Waals surface area (Å²) in [5, 5.41) is 23.6. The summed E-state index contributed by atoms with van der Waals surface area (Å²) in [5.74, 6) is -0.933. The number of H-pyrrole nitrogens is 1. The molecule has 4 rings (SSSR count). The number of aliphatic carboxylic acids is 1. The summed E-state index contributed by atoms with van der Waals surface area (Å²) in [7, 11) is 4.04. The first kappa shape index (κ1) is 23.5. The van der Waals surface area contributed by atoms with E-state index in [0.717, 1.165) is 33.2 Å². The van der Waals surface area contributed by atoms with E-state index >= 15 is 0 Å². The Bertz CT molecular complexity index is 1360. The van der Waals surface area contributed by atoms with Crippen molar-refractivity contribution in [3.8, 4) is 5.88 Å². The lowest BCUT2D eigenvalue weighted by atomic mass is 10.00. The maximum atomic E-state index is 11.0. The van der Waals surface area contributed by atoms with Crippen molar-refractivity contribution in [1.82, 2.24) is 9.88 Å². The van der Waals surface area contributed by atoms with E-state index in [1.165, 1.54) is 5.56 Å². The third-order valence-corrected chi connectivity index (χ3v) is 5.73. The van der Waals surface area contributed by atoms with Gasteiger partial charge in [0.15, 0.2) is 5.88 Å². The highest BCUT2D eigenvalue weighted by molar-refractivity contribution is 9.10. The molecule has 0 aliphatic heterocycles. The zero-order valence-electron chi connectivity index (χ0n) is 18.8. The number of hydrogen-bond donors (Lipinski definition) is 4. The molecule has 0 saturated carbocycles. The number of hydrogen-bond acceptors (Lipinski definition) is 5. The topological polar surface area (TPSA) is 101 Å². The zero-order chi connectivity index (χ0) is 24.2. The van der Waals surface area contributed by atoms with Gasteiger partial charge >= 0.3 is 5.97 Å². The minimum atomic E-state index is -0.947. The maximum Gasteiger partial charge on any atom is 0.322 e. The highest BCUT2D eigenvalue weighted by atomic mass is 79.9. The van der Waals surface area contributed by atoms with E-state index in [4.69, 9.17) is 10.1 Å². The molecule has 0 atom stereocenters. The Labute approximate surface area is 205 Å². The van der Waals surface area contributed by atoms with Gasteiger partial charge < -0.3 is 25.4 Å². The van der Waals surface area contributed by atoms with Crippen LogP contribution in [0.1, 0.15) is 16.7 Å². The van der Waals surface area contributed by atoms with Crippen molar-refractivity contribution in [1.29, 1.82) is 0 Å². The predicted molar refractivity (Wildman–Crippen MR) is 139 cm³/mol. The SMILES string of the molecule is CN(C)Cc1ccc(N=C(c2cccc(NCC(=O)O)c2)c2c(O)[nH]c3cc(Br)ccc23)cc1. The van der Waals surface area contributed by atoms with Crippen LogP contribution in [0.3, 0.4) is 0 Å². The monoisotopic (exact) mass is 520 g/mol. The Kier molecular flexibility index (Phi) is 7.00. The highest BCUT2D eigenvalue weighted by Gasteiger charge is 2.19. The smallest absolute Gasteiger partial charge is 0.322 e. The molecule has 0 unspecified atom stereocenters. The van der Waals surface area contributed by atoms with E-state index in [1.807, 2.05) is 74.8 Å². The molecular formula is C26H25BrN4O3. The molecular weight excluding hydrogens is 496 g/mol. The highest BCUT2D eigenvalue weighted by Crippen LogP contribution is 2.33. The molecule has 0 fully saturated rings. The van der Waals surface area contributed by atoms with Crippen LogP contribution in [0.15, 0.2) is 76.2 Å². The fourth-order valence-corrected chi connectivity index (χ4v) is 4.15. The second-order valence-corrected chi connectivity index (χ2v) is 9.15. The number of carboxylic acid groups (broad SMARTS) is 1. The number of fused-ring (bicyclic) bond motifs is 1. The molecule has 1 aromatic heterocycles. The van der Waals surface area contributed by atoms with Gasteiger partial charge in [0, 0.05) is 27.7 Å². The van der Waals surface area contributed by atoms with Gasteiger partial charge in [0.2, 0.25) is 0 Å². The Morgan fingerprint density at radius 1 is 1.09 bits per heavy atom. The lowest BCUT2D eigenvalue weighted by Gasteiger charge is -2.12. The number of aromatic nitrogens is 1. The molecule has 0 spiro atoms. The van der Waals surface area contributed by atoms with Gasteiger partial charge in [-0.2, -0.15) is 0 Å². The molecule has 0 aliphatic carbocycles. The Morgan fingerprint density at radius 3 is 2.56 bits per heavy atom. The van der Waals surface area contributed by atoms with E-state index in [2.05, 4.69) is 31.1 Å². The molecule has 8 heteroatoms. The van der Waals surface area contributed by atoms with Crippen LogP contribution in [0.5, 0.6) is 5.88 Å². The second kappa shape index (κ2) is 10.1. The first-order valence-electron chi connectivity index (χ1n) is 10.7. The van der Waals surface area contributed by atoms with Crippen LogP contribution in [-0.4, -0.2) is 52.4 Å². The van der Waals surface area contributed by atoms with Gasteiger partial charge in [0.25, 0.3) is 0 Å². The first-order chi connectivity index (χ1) is 16.3. The maximum absolute atomic E-state index is 11.0. The third kappa shape index (κ3) is 5.47. The van der Waals surface area contributed by atoms with Crippen molar-refractivity contribution in [2.75, 3.05) is 26.0 Å². The summed E-state index contributed by atoms with van der Waals surface area (Å²) in [5.41, 5.74) is 5.23. The summed E-state index contributed by atoms with van der Waals surface area (Å²) in [6, 6.07) is 21.1. The lowest BCUT2D eigenvalue weighted by molar-refractivity contribution is -0.134. The number of rotatable bonds is 8. The lowest BCUT2D eigenvalue weighted by Crippen LogP contribution is -2.13. The number of nitrogens with one attached hydrogen (secondary N) is 2. The number of anilines is 1. The van der Waals surface area contributed by atoms with Crippen LogP contribution < -0.4 is 5.32 Å². The average molecular weight is 521 g/mol. The van der Waals surface area contributed by atoms with Crippen molar-refractivity contribution in [2.45, 2.75) is 6.54 Å². The van der Waals surface area contributed by atoms with E-state index in [1.54, 1.807) is 6.07 Å². The molecule has 1 heterocycles. The molecule has 0 radical (unpaired) electrons. The number of nitrogens with zero attached hydrogens (tertiary/aromatic N) is 2. The second-order valence-electron chi connectivity index (χ2n) is 8.23. The van der Waals surface area contributed by atoms with Crippen LogP contribution in [0.4, 0.5) is 11.4 Å². The van der Waals surface area contributed by atoms with Crippen LogP contribution in [-0.2, 0) is 11.3 Å². The Morgan fingerprint density at radius 2 is 1.85 bits per heavy atom. The number of aliphatic imine (C=N–C) groups is 1. The largest absolute Gasteiger partial charge is 0.494 e. The predicted octanol–water partition coefficient (Wildman–Crippen LogP) is 5.36. The summed E-state index contributed by atoms with van der Waals surface area (Å²) in [4.78, 5) is 21.1. The first-order valence-corrected chi connectivity index (χ1v) is 11.5. The Balaban J connectivity index is 1.84. The molecule has 0 aliphatic rings. The minimum Gasteiger partial charge on any atom is -0.494 e. The average Bonchev–Trinajstić information content (AvgIpc) is 3.11. The summed E-state index contributed by atoms with van der Waals surface area (Å²) in [6.45, 7) is 0.627. The van der Waals surface area contributed by atoms with Crippen LogP contribution in [0.2, 0.25) is 0 Å². The normalized spacial score (nSPS) is 11.8. The number of carboxylic acids is 1. The van der Waals surface area contributed by atoms with Crippen LogP contribution >= 0.6 is 15.9 Å². The van der Waals surface area contributed by atoms with E-state index in [0.29, 0.717) is 17.0 Å². The van der Waals surface area contributed by atoms with Gasteiger partial charge in [-0.3, -0.25) is 4.79 Å². The molecule has 0 saturated heterocycles. The van der Waals surface area contributed by atoms with Crippen molar-refractivity contribution in [3.05, 3.63) is 87.9 Å². The summed E-state index contributed by atoms with van der Waals surface area (Å²) >= 11 is 3.47. The standard InChI is InChI=1S/C26H25BrN4O3/c1-31(2)15-16-6-9-19(10-7-16)29-25(17-4-3-5-20(12-17)28-14-23(32)33)24-21-11-8-18(27)13-22(21)30-26(24)34/h3-13,28,30,34H,14-15H2,1-2H3,(H,32,33). The van der Waals surface area contributed by atoms with Gasteiger partial charge in [0.05, 0.1) is 22.5 Å². The summed E-state index contributed by atoms with van der Waals surface area (Å²) < 4.78 is 0.891. The van der Waals surface area contributed by atoms with Crippen molar-refractivity contribution in [2.24, 2.45) is 4.99 Å². The van der Waals surface area contributed by atoms with Crippen molar-refractivity contribution >= 4 is 49.9 Å². The van der Waals surface area contributed by atoms with Crippen molar-refractivity contribution in [3.63, 3.8) is 0 Å². The van der Waals surface area contributed by atoms with Crippen molar-refractivity contribution < 1.29 is 15.0 Å². The van der Waals surface area contributed by atoms with Crippen LogP contribution in [0.25, 0.3) is 10.9 Å². The molecule has 4 aromatic rings. The molecule has 0 amide bonds. The molecule has 4 N–H and O–H groups in total. The van der Waals surface area contributed by atoms with Gasteiger partial charge in [-0.25, -0.2) is 4.99 Å².